The van der Waals surface area contributed by atoms with Gasteiger partial charge in [0.2, 0.25) is 0 Å². The number of morpholine rings is 1. The summed E-state index contributed by atoms with van der Waals surface area (Å²) >= 11 is 0. The lowest BCUT2D eigenvalue weighted by molar-refractivity contribution is 0.00697. The van der Waals surface area contributed by atoms with Gasteiger partial charge in [-0.25, -0.2) is 4.79 Å². The number of rotatable bonds is 6. The van der Waals surface area contributed by atoms with Crippen LogP contribution in [0.4, 0.5) is 4.79 Å². The smallest absolute Gasteiger partial charge is 0.317 e. The summed E-state index contributed by atoms with van der Waals surface area (Å²) in [6.07, 6.45) is 0. The van der Waals surface area contributed by atoms with Crippen molar-refractivity contribution in [2.45, 2.75) is 33.4 Å². The highest BCUT2D eigenvalue weighted by Crippen LogP contribution is 2.12. The molecule has 0 spiro atoms. The van der Waals surface area contributed by atoms with Gasteiger partial charge in [0, 0.05) is 38.8 Å². The van der Waals surface area contributed by atoms with Gasteiger partial charge in [-0.3, -0.25) is 4.90 Å². The fourth-order valence-electron chi connectivity index (χ4n) is 2.83. The van der Waals surface area contributed by atoms with Crippen LogP contribution in [0.25, 0.3) is 0 Å². The SMILES string of the molecule is Cc1cc(CN(C)C(=O)NC[C@H](C(C)C)N2CCOCC2)no1. The molecule has 1 aromatic rings. The minimum Gasteiger partial charge on any atom is -0.379 e. The second-order valence-electron chi connectivity index (χ2n) is 6.43. The van der Waals surface area contributed by atoms with E-state index in [2.05, 4.69) is 29.2 Å². The van der Waals surface area contributed by atoms with Crippen molar-refractivity contribution in [1.82, 2.24) is 20.3 Å². The number of carbonyl (C=O) groups is 1. The van der Waals surface area contributed by atoms with Crippen LogP contribution in [0.5, 0.6) is 0 Å². The highest BCUT2D eigenvalue weighted by molar-refractivity contribution is 5.73. The van der Waals surface area contributed by atoms with E-state index < -0.39 is 0 Å². The van der Waals surface area contributed by atoms with Crippen LogP contribution in [0.2, 0.25) is 0 Å². The Morgan fingerprint density at radius 3 is 2.70 bits per heavy atom. The first kappa shape index (κ1) is 17.7. The summed E-state index contributed by atoms with van der Waals surface area (Å²) in [5, 5.41) is 6.95. The molecule has 0 unspecified atom stereocenters. The predicted molar refractivity (Wildman–Crippen MR) is 87.1 cm³/mol. The Morgan fingerprint density at radius 2 is 2.13 bits per heavy atom. The molecule has 1 aromatic heterocycles. The molecule has 1 atom stereocenters. The van der Waals surface area contributed by atoms with Gasteiger partial charge < -0.3 is 19.5 Å². The Hall–Kier alpha value is -1.60. The Balaban J connectivity index is 1.82. The summed E-state index contributed by atoms with van der Waals surface area (Å²) in [5.74, 6) is 1.22. The van der Waals surface area contributed by atoms with Crippen molar-refractivity contribution in [3.63, 3.8) is 0 Å². The van der Waals surface area contributed by atoms with Gasteiger partial charge in [0.25, 0.3) is 0 Å². The summed E-state index contributed by atoms with van der Waals surface area (Å²) < 4.78 is 10.4. The van der Waals surface area contributed by atoms with Gasteiger partial charge in [0.05, 0.1) is 19.8 Å². The van der Waals surface area contributed by atoms with Gasteiger partial charge in [-0.1, -0.05) is 19.0 Å². The molecule has 2 rings (SSSR count). The molecule has 2 heterocycles. The molecule has 0 bridgehead atoms. The molecule has 7 heteroatoms. The minimum atomic E-state index is -0.0930. The van der Waals surface area contributed by atoms with Crippen molar-refractivity contribution >= 4 is 6.03 Å². The van der Waals surface area contributed by atoms with Crippen LogP contribution in [0, 0.1) is 12.8 Å². The van der Waals surface area contributed by atoms with Crippen LogP contribution >= 0.6 is 0 Å². The molecule has 1 saturated heterocycles. The second-order valence-corrected chi connectivity index (χ2v) is 6.43. The lowest BCUT2D eigenvalue weighted by atomic mass is 10.0. The number of aryl methyl sites for hydroxylation is 1. The molecule has 1 N–H and O–H groups in total. The van der Waals surface area contributed by atoms with E-state index in [0.29, 0.717) is 25.0 Å². The van der Waals surface area contributed by atoms with Crippen molar-refractivity contribution in [3.8, 4) is 0 Å². The van der Waals surface area contributed by atoms with E-state index in [1.807, 2.05) is 13.0 Å². The Labute approximate surface area is 137 Å². The van der Waals surface area contributed by atoms with Crippen molar-refractivity contribution < 1.29 is 14.1 Å². The van der Waals surface area contributed by atoms with Crippen LogP contribution in [0.1, 0.15) is 25.3 Å². The largest absolute Gasteiger partial charge is 0.379 e. The number of carbonyl (C=O) groups excluding carboxylic acids is 1. The fraction of sp³-hybridized carbons (Fsp3) is 0.750. The van der Waals surface area contributed by atoms with Crippen molar-refractivity contribution in [2.75, 3.05) is 39.9 Å². The molecular formula is C16H28N4O3. The number of amides is 2. The van der Waals surface area contributed by atoms with E-state index >= 15 is 0 Å². The van der Waals surface area contributed by atoms with Gasteiger partial charge in [-0.2, -0.15) is 0 Å². The zero-order chi connectivity index (χ0) is 16.8. The van der Waals surface area contributed by atoms with Crippen LogP contribution in [-0.4, -0.2) is 66.9 Å². The van der Waals surface area contributed by atoms with Gasteiger partial charge in [-0.15, -0.1) is 0 Å². The molecule has 0 radical (unpaired) electrons. The van der Waals surface area contributed by atoms with Gasteiger partial charge in [0.1, 0.15) is 11.5 Å². The first-order chi connectivity index (χ1) is 11.0. The molecule has 130 valence electrons. The highest BCUT2D eigenvalue weighted by atomic mass is 16.5. The molecule has 1 aliphatic heterocycles. The Kier molecular flexibility index (Phi) is 6.41. The first-order valence-electron chi connectivity index (χ1n) is 8.20. The normalized spacial score (nSPS) is 17.3. The summed E-state index contributed by atoms with van der Waals surface area (Å²) in [4.78, 5) is 16.3. The van der Waals surface area contributed by atoms with Crippen LogP contribution in [0.15, 0.2) is 10.6 Å². The number of nitrogens with zero attached hydrogens (tertiary/aromatic N) is 3. The number of hydrogen-bond acceptors (Lipinski definition) is 5. The average molecular weight is 324 g/mol. The van der Waals surface area contributed by atoms with Gasteiger partial charge in [-0.05, 0) is 12.8 Å². The van der Waals surface area contributed by atoms with E-state index in [1.54, 1.807) is 11.9 Å². The molecule has 2 amide bonds. The molecule has 0 saturated carbocycles. The first-order valence-corrected chi connectivity index (χ1v) is 8.20. The zero-order valence-corrected chi connectivity index (χ0v) is 14.5. The third kappa shape index (κ3) is 5.21. The summed E-state index contributed by atoms with van der Waals surface area (Å²) in [7, 11) is 1.76. The van der Waals surface area contributed by atoms with Crippen molar-refractivity contribution in [2.24, 2.45) is 5.92 Å². The van der Waals surface area contributed by atoms with E-state index in [0.717, 1.165) is 37.8 Å². The van der Waals surface area contributed by atoms with E-state index in [1.165, 1.54) is 0 Å². The van der Waals surface area contributed by atoms with Gasteiger partial charge in [0.15, 0.2) is 0 Å². The summed E-state index contributed by atoms with van der Waals surface area (Å²) in [6.45, 7) is 10.7. The predicted octanol–water partition coefficient (Wildman–Crippen LogP) is 1.48. The van der Waals surface area contributed by atoms with Crippen LogP contribution in [0.3, 0.4) is 0 Å². The molecule has 1 fully saturated rings. The monoisotopic (exact) mass is 324 g/mol. The maximum Gasteiger partial charge on any atom is 0.317 e. The standard InChI is InChI=1S/C16H28N4O3/c1-12(2)15(20-5-7-22-8-6-20)10-17-16(21)19(4)11-14-9-13(3)23-18-14/h9,12,15H,5-8,10-11H2,1-4H3,(H,17,21)/t15-/m1/s1. The lowest BCUT2D eigenvalue weighted by Gasteiger charge is -2.37. The third-order valence-corrected chi connectivity index (χ3v) is 4.17. The number of nitrogens with one attached hydrogen (secondary N) is 1. The molecule has 1 aliphatic rings. The number of ether oxygens (including phenoxy) is 1. The summed E-state index contributed by atoms with van der Waals surface area (Å²) in [5.41, 5.74) is 0.758. The van der Waals surface area contributed by atoms with Crippen molar-refractivity contribution in [3.05, 3.63) is 17.5 Å². The lowest BCUT2D eigenvalue weighted by Crippen LogP contribution is -2.52. The van der Waals surface area contributed by atoms with E-state index in [-0.39, 0.29) is 6.03 Å². The molecule has 23 heavy (non-hydrogen) atoms. The van der Waals surface area contributed by atoms with Crippen LogP contribution in [-0.2, 0) is 11.3 Å². The fourth-order valence-corrected chi connectivity index (χ4v) is 2.83. The zero-order valence-electron chi connectivity index (χ0n) is 14.5. The number of urea groups is 1. The third-order valence-electron chi connectivity index (χ3n) is 4.17. The average Bonchev–Trinajstić information content (AvgIpc) is 2.93. The second kappa shape index (κ2) is 8.31. The number of aromatic nitrogens is 1. The Bertz CT molecular complexity index is 497. The van der Waals surface area contributed by atoms with Gasteiger partial charge >= 0.3 is 6.03 Å². The van der Waals surface area contributed by atoms with E-state index in [4.69, 9.17) is 9.26 Å². The quantitative estimate of drug-likeness (QED) is 0.858. The van der Waals surface area contributed by atoms with E-state index in [9.17, 15) is 4.79 Å². The Morgan fingerprint density at radius 1 is 1.43 bits per heavy atom. The summed E-state index contributed by atoms with van der Waals surface area (Å²) in [6, 6.07) is 2.07. The maximum atomic E-state index is 12.3. The highest BCUT2D eigenvalue weighted by Gasteiger charge is 2.24. The minimum absolute atomic E-state index is 0.0930. The number of hydrogen-bond donors (Lipinski definition) is 1. The molecule has 0 aliphatic carbocycles. The van der Waals surface area contributed by atoms with Crippen molar-refractivity contribution in [1.29, 1.82) is 0 Å². The molecule has 0 aromatic carbocycles. The van der Waals surface area contributed by atoms with Crippen LogP contribution < -0.4 is 5.32 Å². The molecular weight excluding hydrogens is 296 g/mol. The topological polar surface area (TPSA) is 70.8 Å². The maximum absolute atomic E-state index is 12.3. The molecule has 7 nitrogen and oxygen atoms in total.